The molecule has 5 N–H and O–H groups in total. The van der Waals surface area contributed by atoms with Crippen LogP contribution in [-0.2, 0) is 6.42 Å². The van der Waals surface area contributed by atoms with Gasteiger partial charge in [-0.05, 0) is 49.5 Å². The smallest absolute Gasteiger partial charge is 0.128 e. The van der Waals surface area contributed by atoms with Gasteiger partial charge in [-0.2, -0.15) is 5.53 Å². The van der Waals surface area contributed by atoms with E-state index in [4.69, 9.17) is 11.6 Å². The molecule has 1 heterocycles. The number of anilines is 1. The summed E-state index contributed by atoms with van der Waals surface area (Å²) in [6, 6.07) is 4.75. The topological polar surface area (TPSA) is 67.3 Å². The molecule has 0 unspecified atom stereocenters. The van der Waals surface area contributed by atoms with E-state index in [1.807, 2.05) is 18.0 Å². The van der Waals surface area contributed by atoms with Crippen LogP contribution in [0.2, 0.25) is 0 Å². The lowest BCUT2D eigenvalue weighted by Gasteiger charge is -2.09. The number of nitrogens with two attached hydrogens (primary N) is 2. The molecule has 0 radical (unpaired) electrons. The molecule has 25 heavy (non-hydrogen) atoms. The molecule has 5 heteroatoms. The summed E-state index contributed by atoms with van der Waals surface area (Å²) in [6.07, 6.45) is 14.8. The Morgan fingerprint density at radius 1 is 1.32 bits per heavy atom. The highest BCUT2D eigenvalue weighted by Gasteiger charge is 2.07. The zero-order valence-electron chi connectivity index (χ0n) is 15.2. The number of nitrogens with one attached hydrogen (secondary N) is 1. The molecule has 1 aromatic carbocycles. The van der Waals surface area contributed by atoms with Crippen LogP contribution in [-0.4, -0.2) is 18.1 Å². The minimum Gasteiger partial charge on any atom is -0.399 e. The van der Waals surface area contributed by atoms with Crippen molar-refractivity contribution in [2.75, 3.05) is 18.8 Å². The molecule has 0 amide bonds. The van der Waals surface area contributed by atoms with Crippen LogP contribution >= 0.6 is 0 Å². The Labute approximate surface area is 152 Å². The highest BCUT2D eigenvalue weighted by Crippen LogP contribution is 2.15. The lowest BCUT2D eigenvalue weighted by Crippen LogP contribution is -2.40. The Hall–Kier alpha value is -2.39. The Morgan fingerprint density at radius 2 is 1.88 bits per heavy atom. The van der Waals surface area contributed by atoms with E-state index in [9.17, 15) is 4.39 Å². The highest BCUT2D eigenvalue weighted by atomic mass is 19.1. The summed E-state index contributed by atoms with van der Waals surface area (Å²) in [5, 5.41) is 2.01. The highest BCUT2D eigenvalue weighted by molar-refractivity contribution is 5.41. The first-order valence-electron chi connectivity index (χ1n) is 7.96. The van der Waals surface area contributed by atoms with Crippen molar-refractivity contribution in [2.45, 2.75) is 26.2 Å². The van der Waals surface area contributed by atoms with E-state index < -0.39 is 0 Å². The number of nitrogen functional groups attached to an aromatic ring is 1. The second-order valence-corrected chi connectivity index (χ2v) is 4.92. The van der Waals surface area contributed by atoms with E-state index in [1.165, 1.54) is 18.9 Å². The molecule has 1 saturated heterocycles. The predicted octanol–water partition coefficient (Wildman–Crippen LogP) is 3.59. The van der Waals surface area contributed by atoms with E-state index in [-0.39, 0.29) is 5.82 Å². The first-order chi connectivity index (χ1) is 12.1. The SMILES string of the molecule is C#C.C=C.C=C/C(=C\C)Cc1ccc(N)cc1F.NNN1CCCC1. The van der Waals surface area contributed by atoms with Crippen LogP contribution in [0.25, 0.3) is 0 Å². The maximum atomic E-state index is 13.3. The van der Waals surface area contributed by atoms with Gasteiger partial charge in [0.25, 0.3) is 0 Å². The molecule has 0 aliphatic carbocycles. The van der Waals surface area contributed by atoms with Gasteiger partial charge >= 0.3 is 0 Å². The molecule has 0 atom stereocenters. The maximum absolute atomic E-state index is 13.3. The number of terminal acetylenes is 1. The van der Waals surface area contributed by atoms with Gasteiger partial charge in [0.2, 0.25) is 0 Å². The minimum absolute atomic E-state index is 0.258. The molecular formula is C20H31FN4. The number of allylic oxidation sites excluding steroid dienone is 3. The zero-order valence-corrected chi connectivity index (χ0v) is 15.2. The van der Waals surface area contributed by atoms with Crippen LogP contribution < -0.4 is 17.1 Å². The number of halogens is 1. The Bertz CT molecular complexity index is 532. The molecule has 138 valence electrons. The molecule has 4 nitrogen and oxygen atoms in total. The van der Waals surface area contributed by atoms with E-state index in [2.05, 4.69) is 38.1 Å². The second kappa shape index (κ2) is 16.5. The molecule has 0 spiro atoms. The van der Waals surface area contributed by atoms with Gasteiger partial charge in [-0.25, -0.2) is 9.40 Å². The van der Waals surface area contributed by atoms with Crippen LogP contribution in [0, 0.1) is 18.7 Å². The molecule has 0 aromatic heterocycles. The van der Waals surface area contributed by atoms with Crippen molar-refractivity contribution in [2.24, 2.45) is 5.84 Å². The predicted molar refractivity (Wildman–Crippen MR) is 108 cm³/mol. The summed E-state index contributed by atoms with van der Waals surface area (Å²) in [4.78, 5) is 0. The van der Waals surface area contributed by atoms with Gasteiger partial charge in [0.05, 0.1) is 0 Å². The Morgan fingerprint density at radius 3 is 2.24 bits per heavy atom. The summed E-state index contributed by atoms with van der Waals surface area (Å²) in [7, 11) is 0. The van der Waals surface area contributed by atoms with Crippen molar-refractivity contribution in [1.29, 1.82) is 0 Å². The quantitative estimate of drug-likeness (QED) is 0.195. The van der Waals surface area contributed by atoms with Gasteiger partial charge in [-0.1, -0.05) is 24.8 Å². The number of hydrazine groups is 2. The van der Waals surface area contributed by atoms with Crippen molar-refractivity contribution >= 4 is 5.69 Å². The van der Waals surface area contributed by atoms with Gasteiger partial charge in [-0.3, -0.25) is 5.84 Å². The molecule has 1 aromatic rings. The van der Waals surface area contributed by atoms with Gasteiger partial charge in [0, 0.05) is 18.8 Å². The molecule has 0 saturated carbocycles. The van der Waals surface area contributed by atoms with Crippen molar-refractivity contribution in [3.63, 3.8) is 0 Å². The first-order valence-corrected chi connectivity index (χ1v) is 7.96. The van der Waals surface area contributed by atoms with Crippen LogP contribution in [0.5, 0.6) is 0 Å². The fourth-order valence-electron chi connectivity index (χ4n) is 2.07. The summed E-state index contributed by atoms with van der Waals surface area (Å²) < 4.78 is 13.3. The van der Waals surface area contributed by atoms with E-state index >= 15 is 0 Å². The molecule has 1 aliphatic heterocycles. The lowest BCUT2D eigenvalue weighted by molar-refractivity contribution is 0.240. The maximum Gasteiger partial charge on any atom is 0.128 e. The van der Waals surface area contributed by atoms with Crippen LogP contribution in [0.3, 0.4) is 0 Å². The van der Waals surface area contributed by atoms with E-state index in [0.29, 0.717) is 17.7 Å². The molecule has 2 rings (SSSR count). The van der Waals surface area contributed by atoms with Gasteiger partial charge in [0.1, 0.15) is 5.82 Å². The van der Waals surface area contributed by atoms with Crippen LogP contribution in [0.4, 0.5) is 10.1 Å². The average Bonchev–Trinajstić information content (AvgIpc) is 3.19. The lowest BCUT2D eigenvalue weighted by atomic mass is 10.0. The van der Waals surface area contributed by atoms with Crippen molar-refractivity contribution < 1.29 is 4.39 Å². The first kappa shape index (κ1) is 24.9. The third kappa shape index (κ3) is 10.9. The number of hydrogen-bond donors (Lipinski definition) is 3. The average molecular weight is 346 g/mol. The van der Waals surface area contributed by atoms with Gasteiger partial charge in [0.15, 0.2) is 0 Å². The van der Waals surface area contributed by atoms with E-state index in [0.717, 1.165) is 18.7 Å². The fourth-order valence-corrected chi connectivity index (χ4v) is 2.07. The molecular weight excluding hydrogens is 315 g/mol. The normalized spacial score (nSPS) is 13.2. The second-order valence-electron chi connectivity index (χ2n) is 4.92. The van der Waals surface area contributed by atoms with Crippen molar-refractivity contribution in [3.8, 4) is 12.8 Å². The Balaban J connectivity index is 0. The monoisotopic (exact) mass is 346 g/mol. The van der Waals surface area contributed by atoms with Crippen LogP contribution in [0.1, 0.15) is 25.3 Å². The molecule has 0 bridgehead atoms. The summed E-state index contributed by atoms with van der Waals surface area (Å²) in [5.74, 6) is 4.85. The molecule has 1 fully saturated rings. The summed E-state index contributed by atoms with van der Waals surface area (Å²) in [5.41, 5.74) is 10.2. The fraction of sp³-hybridized carbons (Fsp3) is 0.300. The summed E-state index contributed by atoms with van der Waals surface area (Å²) >= 11 is 0. The van der Waals surface area contributed by atoms with E-state index in [1.54, 1.807) is 18.2 Å². The van der Waals surface area contributed by atoms with Gasteiger partial charge in [-0.15, -0.1) is 26.0 Å². The minimum atomic E-state index is -0.258. The number of rotatable bonds is 4. The van der Waals surface area contributed by atoms with Gasteiger partial charge < -0.3 is 5.73 Å². The number of hydrogen-bond acceptors (Lipinski definition) is 4. The largest absolute Gasteiger partial charge is 0.399 e. The Kier molecular flexibility index (Phi) is 16.4. The van der Waals surface area contributed by atoms with Crippen molar-refractivity contribution in [1.82, 2.24) is 10.5 Å². The standard InChI is InChI=1S/C12H14FN.C4H11N3.C2H4.C2H2/c1-3-9(4-2)7-10-5-6-11(14)8-12(10)13;5-6-7-3-1-2-4-7;2*1-2/h3-6,8H,1,7,14H2,2H3;6H,1-5H2;1-2H2;1-2H/b9-4+;;;. The zero-order chi connectivity index (χ0) is 19.7. The number of benzene rings is 1. The third-order valence-electron chi connectivity index (χ3n) is 3.39. The summed E-state index contributed by atoms with van der Waals surface area (Å²) in [6.45, 7) is 13.8. The van der Waals surface area contributed by atoms with Crippen molar-refractivity contribution in [3.05, 3.63) is 67.0 Å². The number of nitrogens with zero attached hydrogens (tertiary/aromatic N) is 1. The third-order valence-corrected chi connectivity index (χ3v) is 3.39. The molecule has 1 aliphatic rings. The van der Waals surface area contributed by atoms with Crippen LogP contribution in [0.15, 0.2) is 55.7 Å².